The van der Waals surface area contributed by atoms with E-state index in [0.717, 1.165) is 65.8 Å². The fourth-order valence-corrected chi connectivity index (χ4v) is 7.91. The van der Waals surface area contributed by atoms with Crippen molar-refractivity contribution in [1.82, 2.24) is 19.5 Å². The first kappa shape index (κ1) is 28.7. The van der Waals surface area contributed by atoms with Crippen LogP contribution in [0.25, 0.3) is 105 Å². The van der Waals surface area contributed by atoms with Crippen molar-refractivity contribution in [2.45, 2.75) is 0 Å². The molecule has 0 aliphatic carbocycles. The van der Waals surface area contributed by atoms with Crippen molar-refractivity contribution in [2.75, 3.05) is 0 Å². The van der Waals surface area contributed by atoms with E-state index < -0.39 is 0 Å². The lowest BCUT2D eigenvalue weighted by molar-refractivity contribution is 0.669. The van der Waals surface area contributed by atoms with Crippen LogP contribution in [0.2, 0.25) is 0 Å². The standard InChI is InChI=1S/C47H28N4O/c1-2-14-30(15-3-1)45-48-46(50-47(49-45)51-40-23-10-8-19-35(40)36-20-9-11-24-41(36)51)31-25-26-42-39(27-31)44-37-21-7-6-18-34(37)38(28-43(44)52-42)33-22-12-16-29-13-4-5-17-32(29)33/h1-28H. The number of furan rings is 1. The quantitative estimate of drug-likeness (QED) is 0.188. The van der Waals surface area contributed by atoms with Gasteiger partial charge in [0.25, 0.3) is 0 Å². The van der Waals surface area contributed by atoms with Crippen LogP contribution in [0.3, 0.4) is 0 Å². The van der Waals surface area contributed by atoms with E-state index in [1.54, 1.807) is 0 Å². The second-order valence-electron chi connectivity index (χ2n) is 13.2. The van der Waals surface area contributed by atoms with E-state index in [0.29, 0.717) is 17.6 Å². The molecule has 0 fully saturated rings. The van der Waals surface area contributed by atoms with E-state index in [2.05, 4.69) is 138 Å². The SMILES string of the molecule is c1ccc(-c2nc(-c3ccc4oc5cc(-c6cccc7ccccc67)c6ccccc6c5c4c3)nc(-n3c4ccccc4c4ccccc43)n2)cc1. The van der Waals surface area contributed by atoms with Gasteiger partial charge in [0.15, 0.2) is 11.6 Å². The molecule has 5 nitrogen and oxygen atoms in total. The molecule has 0 aliphatic heterocycles. The molecule has 8 aromatic carbocycles. The van der Waals surface area contributed by atoms with Crippen LogP contribution in [0.1, 0.15) is 0 Å². The monoisotopic (exact) mass is 664 g/mol. The fourth-order valence-electron chi connectivity index (χ4n) is 7.91. The van der Waals surface area contributed by atoms with Crippen molar-refractivity contribution < 1.29 is 4.42 Å². The molecule has 52 heavy (non-hydrogen) atoms. The lowest BCUT2D eigenvalue weighted by Crippen LogP contribution is -2.06. The molecule has 0 unspecified atom stereocenters. The Balaban J connectivity index is 1.16. The van der Waals surface area contributed by atoms with E-state index in [9.17, 15) is 0 Å². The van der Waals surface area contributed by atoms with Crippen LogP contribution in [0.15, 0.2) is 174 Å². The van der Waals surface area contributed by atoms with Gasteiger partial charge in [-0.2, -0.15) is 9.97 Å². The minimum absolute atomic E-state index is 0.573. The molecule has 0 atom stereocenters. The third kappa shape index (κ3) is 4.33. The first-order valence-corrected chi connectivity index (χ1v) is 17.5. The van der Waals surface area contributed by atoms with Gasteiger partial charge >= 0.3 is 0 Å². The fraction of sp³-hybridized carbons (Fsp3) is 0. The number of rotatable bonds is 4. The van der Waals surface area contributed by atoms with Gasteiger partial charge < -0.3 is 4.42 Å². The van der Waals surface area contributed by atoms with Gasteiger partial charge in [-0.15, -0.1) is 0 Å². The van der Waals surface area contributed by atoms with E-state index in [4.69, 9.17) is 19.4 Å². The summed E-state index contributed by atoms with van der Waals surface area (Å²) in [6.45, 7) is 0. The third-order valence-electron chi connectivity index (χ3n) is 10.3. The summed E-state index contributed by atoms with van der Waals surface area (Å²) in [4.78, 5) is 15.4. The Morgan fingerprint density at radius 2 is 1.00 bits per heavy atom. The van der Waals surface area contributed by atoms with E-state index >= 15 is 0 Å². The smallest absolute Gasteiger partial charge is 0.238 e. The van der Waals surface area contributed by atoms with Crippen LogP contribution in [-0.4, -0.2) is 19.5 Å². The normalized spacial score (nSPS) is 11.8. The molecule has 0 bridgehead atoms. The van der Waals surface area contributed by atoms with Gasteiger partial charge in [-0.3, -0.25) is 4.57 Å². The zero-order chi connectivity index (χ0) is 34.2. The Bertz CT molecular complexity index is 3140. The van der Waals surface area contributed by atoms with Crippen molar-refractivity contribution in [3.63, 3.8) is 0 Å². The number of aromatic nitrogens is 4. The number of benzene rings is 8. The maximum atomic E-state index is 6.64. The molecule has 11 aromatic rings. The Labute approximate surface area is 298 Å². The predicted molar refractivity (Wildman–Crippen MR) is 213 cm³/mol. The van der Waals surface area contributed by atoms with Crippen molar-refractivity contribution in [3.8, 4) is 39.9 Å². The number of nitrogens with zero attached hydrogens (tertiary/aromatic N) is 4. The lowest BCUT2D eigenvalue weighted by atomic mass is 9.92. The summed E-state index contributed by atoms with van der Waals surface area (Å²) >= 11 is 0. The lowest BCUT2D eigenvalue weighted by Gasteiger charge is -2.12. The van der Waals surface area contributed by atoms with Crippen LogP contribution in [-0.2, 0) is 0 Å². The highest BCUT2D eigenvalue weighted by atomic mass is 16.3. The number of para-hydroxylation sites is 2. The second kappa shape index (κ2) is 11.2. The Morgan fingerprint density at radius 3 is 1.77 bits per heavy atom. The largest absolute Gasteiger partial charge is 0.456 e. The van der Waals surface area contributed by atoms with E-state index in [-0.39, 0.29) is 0 Å². The Hall–Kier alpha value is -7.11. The van der Waals surface area contributed by atoms with E-state index in [1.807, 2.05) is 36.4 Å². The highest BCUT2D eigenvalue weighted by Gasteiger charge is 2.20. The summed E-state index contributed by atoms with van der Waals surface area (Å²) < 4.78 is 8.79. The molecular formula is C47H28N4O. The van der Waals surface area contributed by atoms with Gasteiger partial charge in [-0.1, -0.05) is 133 Å². The Morgan fingerprint density at radius 1 is 0.385 bits per heavy atom. The molecule has 0 radical (unpaired) electrons. The molecule has 0 spiro atoms. The first-order valence-electron chi connectivity index (χ1n) is 17.5. The highest BCUT2D eigenvalue weighted by Crippen LogP contribution is 2.42. The maximum absolute atomic E-state index is 6.64. The average molecular weight is 665 g/mol. The maximum Gasteiger partial charge on any atom is 0.238 e. The van der Waals surface area contributed by atoms with Gasteiger partial charge in [0.2, 0.25) is 5.95 Å². The van der Waals surface area contributed by atoms with Crippen LogP contribution in [0, 0.1) is 0 Å². The third-order valence-corrected chi connectivity index (χ3v) is 10.3. The van der Waals surface area contributed by atoms with Crippen molar-refractivity contribution in [2.24, 2.45) is 0 Å². The summed E-state index contributed by atoms with van der Waals surface area (Å²) in [6.07, 6.45) is 0. The summed E-state index contributed by atoms with van der Waals surface area (Å²) in [7, 11) is 0. The zero-order valence-corrected chi connectivity index (χ0v) is 27.9. The number of fused-ring (bicyclic) bond motifs is 9. The molecule has 0 saturated carbocycles. The summed E-state index contributed by atoms with van der Waals surface area (Å²) in [5.74, 6) is 1.78. The average Bonchev–Trinajstić information content (AvgIpc) is 3.76. The topological polar surface area (TPSA) is 56.7 Å². The highest BCUT2D eigenvalue weighted by molar-refractivity contribution is 6.23. The van der Waals surface area contributed by atoms with Gasteiger partial charge in [-0.05, 0) is 69.1 Å². The van der Waals surface area contributed by atoms with Gasteiger partial charge in [0.05, 0.1) is 11.0 Å². The van der Waals surface area contributed by atoms with Crippen LogP contribution in [0.5, 0.6) is 0 Å². The Kier molecular flexibility index (Phi) is 6.18. The summed E-state index contributed by atoms with van der Waals surface area (Å²) in [6, 6.07) is 59.1. The van der Waals surface area contributed by atoms with Crippen molar-refractivity contribution in [1.29, 1.82) is 0 Å². The van der Waals surface area contributed by atoms with Crippen LogP contribution < -0.4 is 0 Å². The first-order chi connectivity index (χ1) is 25.8. The molecular weight excluding hydrogens is 637 g/mol. The number of hydrogen-bond donors (Lipinski definition) is 0. The molecule has 3 aromatic heterocycles. The minimum atomic E-state index is 0.573. The van der Waals surface area contributed by atoms with E-state index in [1.165, 1.54) is 21.7 Å². The molecule has 3 heterocycles. The molecule has 5 heteroatoms. The van der Waals surface area contributed by atoms with Gasteiger partial charge in [0.1, 0.15) is 11.2 Å². The molecule has 11 rings (SSSR count). The molecule has 0 N–H and O–H groups in total. The summed E-state index contributed by atoms with van der Waals surface area (Å²) in [5, 5.41) is 9.17. The van der Waals surface area contributed by atoms with Crippen molar-refractivity contribution >= 4 is 65.3 Å². The molecule has 0 saturated heterocycles. The van der Waals surface area contributed by atoms with Crippen LogP contribution in [0.4, 0.5) is 0 Å². The zero-order valence-electron chi connectivity index (χ0n) is 27.9. The van der Waals surface area contributed by atoms with Crippen molar-refractivity contribution in [3.05, 3.63) is 170 Å². The predicted octanol–water partition coefficient (Wildman–Crippen LogP) is 12.2. The summed E-state index contributed by atoms with van der Waals surface area (Å²) in [5.41, 5.74) is 7.91. The second-order valence-corrected chi connectivity index (χ2v) is 13.2. The van der Waals surface area contributed by atoms with Gasteiger partial charge in [-0.25, -0.2) is 4.98 Å². The minimum Gasteiger partial charge on any atom is -0.456 e. The number of hydrogen-bond acceptors (Lipinski definition) is 4. The molecule has 242 valence electrons. The van der Waals surface area contributed by atoms with Gasteiger partial charge in [0, 0.05) is 32.7 Å². The molecule has 0 amide bonds. The van der Waals surface area contributed by atoms with Crippen LogP contribution >= 0.6 is 0 Å². The molecule has 0 aliphatic rings.